The summed E-state index contributed by atoms with van der Waals surface area (Å²) in [4.78, 5) is 51.8. The van der Waals surface area contributed by atoms with Crippen molar-refractivity contribution >= 4 is 23.9 Å². The van der Waals surface area contributed by atoms with E-state index in [0.717, 1.165) is 77.3 Å². The van der Waals surface area contributed by atoms with Gasteiger partial charge >= 0.3 is 23.9 Å². The molecule has 0 unspecified atom stereocenters. The van der Waals surface area contributed by atoms with E-state index in [1.54, 1.807) is 0 Å². The Kier molecular flexibility index (Phi) is 10.3. The molecule has 0 radical (unpaired) electrons. The zero-order valence-corrected chi connectivity index (χ0v) is 25.1. The highest BCUT2D eigenvalue weighted by Gasteiger charge is 2.56. The van der Waals surface area contributed by atoms with E-state index < -0.39 is 54.6 Å². The van der Waals surface area contributed by atoms with Crippen molar-refractivity contribution in [3.63, 3.8) is 0 Å². The van der Waals surface area contributed by atoms with Crippen LogP contribution in [0.4, 0.5) is 0 Å². The molecule has 2 fully saturated rings. The lowest BCUT2D eigenvalue weighted by atomic mass is 9.75. The lowest BCUT2D eigenvalue weighted by Gasteiger charge is -2.46. The Balaban J connectivity index is 1.76. The van der Waals surface area contributed by atoms with Crippen LogP contribution in [0.2, 0.25) is 0 Å². The summed E-state index contributed by atoms with van der Waals surface area (Å²) < 4.78 is 39.5. The van der Waals surface area contributed by atoms with Crippen molar-refractivity contribution in [2.75, 3.05) is 27.3 Å². The van der Waals surface area contributed by atoms with E-state index in [-0.39, 0.29) is 0 Å². The summed E-state index contributed by atoms with van der Waals surface area (Å²) in [5, 5.41) is 0. The van der Waals surface area contributed by atoms with Gasteiger partial charge in [0.2, 0.25) is 12.4 Å². The molecule has 0 saturated carbocycles. The number of esters is 4. The molecule has 2 saturated heterocycles. The van der Waals surface area contributed by atoms with Gasteiger partial charge < -0.3 is 33.2 Å². The normalized spacial score (nSPS) is 28.9. The number of ether oxygens (including phenoxy) is 7. The molecule has 2 heterocycles. The van der Waals surface area contributed by atoms with E-state index in [4.69, 9.17) is 33.2 Å². The van der Waals surface area contributed by atoms with Gasteiger partial charge in [0.1, 0.15) is 0 Å². The van der Waals surface area contributed by atoms with Crippen molar-refractivity contribution in [1.82, 2.24) is 4.90 Å². The van der Waals surface area contributed by atoms with Crippen molar-refractivity contribution in [1.29, 1.82) is 0 Å². The smallest absolute Gasteiger partial charge is 0.339 e. The van der Waals surface area contributed by atoms with Gasteiger partial charge in [-0.15, -0.1) is 0 Å². The Morgan fingerprint density at radius 1 is 0.929 bits per heavy atom. The Morgan fingerprint density at radius 3 is 2.21 bits per heavy atom. The minimum atomic E-state index is -1.55. The lowest BCUT2D eigenvalue weighted by Crippen LogP contribution is -2.64. The van der Waals surface area contributed by atoms with Gasteiger partial charge in [-0.25, -0.2) is 4.79 Å². The van der Waals surface area contributed by atoms with Crippen LogP contribution >= 0.6 is 0 Å². The molecule has 2 aliphatic heterocycles. The maximum absolute atomic E-state index is 12.8. The summed E-state index contributed by atoms with van der Waals surface area (Å²) in [5.74, 6) is -1.92. The quantitative estimate of drug-likeness (QED) is 0.308. The Labute approximate surface area is 245 Å². The standard InChI is InChI=1S/C30H41NO11/c1-7-12-31-13-8-9-20-14-21-19(15-22(20)31)10-11-23(36-5)24(21)41-30-28(40-18(4)34)26(39-17(3)33)25(38-16(2)32)27(42-30)29(35)37-6/h10-11,20,22,25-28,30H,7-9,12-15H2,1-6H3/t20-,22-,25+,26+,27+,28-,30-/m1/s1. The molecule has 7 atom stereocenters. The van der Waals surface area contributed by atoms with Crippen molar-refractivity contribution in [3.8, 4) is 11.5 Å². The molecular formula is C30H41NO11. The summed E-state index contributed by atoms with van der Waals surface area (Å²) in [7, 11) is 2.66. The molecule has 42 heavy (non-hydrogen) atoms. The fourth-order valence-electron chi connectivity index (χ4n) is 6.44. The number of hydrogen-bond acceptors (Lipinski definition) is 12. The van der Waals surface area contributed by atoms with Gasteiger partial charge in [-0.2, -0.15) is 0 Å². The average molecular weight is 592 g/mol. The molecule has 0 bridgehead atoms. The Bertz CT molecular complexity index is 1170. The largest absolute Gasteiger partial charge is 0.493 e. The molecule has 0 N–H and O–H groups in total. The minimum absolute atomic E-state index is 0.388. The van der Waals surface area contributed by atoms with Gasteiger partial charge in [0.15, 0.2) is 29.8 Å². The molecule has 232 valence electrons. The van der Waals surface area contributed by atoms with Crippen LogP contribution in [0.15, 0.2) is 12.1 Å². The van der Waals surface area contributed by atoms with Gasteiger partial charge in [-0.3, -0.25) is 19.3 Å². The fraction of sp³-hybridized carbons (Fsp3) is 0.667. The van der Waals surface area contributed by atoms with Crippen LogP contribution in [-0.4, -0.2) is 92.8 Å². The second-order valence-corrected chi connectivity index (χ2v) is 10.9. The monoisotopic (exact) mass is 591 g/mol. The fourth-order valence-corrected chi connectivity index (χ4v) is 6.44. The zero-order chi connectivity index (χ0) is 30.6. The Hall–Kier alpha value is -3.38. The molecule has 1 aliphatic carbocycles. The van der Waals surface area contributed by atoms with E-state index in [2.05, 4.69) is 11.8 Å². The van der Waals surface area contributed by atoms with Crippen LogP contribution in [-0.2, 0) is 55.7 Å². The first-order valence-electron chi connectivity index (χ1n) is 14.4. The SMILES string of the molecule is CCCN1CCC[C@@H]2Cc3c(ccc(OC)c3O[C@@H]3O[C@H](C(=O)OC)[C@@H](OC(C)=O)[C@H](OC(C)=O)[C@H]3OC(C)=O)C[C@H]21. The predicted molar refractivity (Wildman–Crippen MR) is 147 cm³/mol. The number of nitrogens with zero attached hydrogens (tertiary/aromatic N) is 1. The van der Waals surface area contributed by atoms with E-state index in [1.807, 2.05) is 12.1 Å². The van der Waals surface area contributed by atoms with Crippen LogP contribution in [0.5, 0.6) is 11.5 Å². The average Bonchev–Trinajstić information content (AvgIpc) is 2.94. The molecular weight excluding hydrogens is 550 g/mol. The maximum atomic E-state index is 12.8. The van der Waals surface area contributed by atoms with Crippen LogP contribution in [0.1, 0.15) is 58.1 Å². The molecule has 1 aromatic carbocycles. The van der Waals surface area contributed by atoms with Crippen molar-refractivity contribution in [2.24, 2.45) is 5.92 Å². The van der Waals surface area contributed by atoms with E-state index in [9.17, 15) is 19.2 Å². The molecule has 0 aromatic heterocycles. The molecule has 12 nitrogen and oxygen atoms in total. The lowest BCUT2D eigenvalue weighted by molar-refractivity contribution is -0.282. The van der Waals surface area contributed by atoms with Gasteiger partial charge in [-0.1, -0.05) is 13.0 Å². The number of rotatable bonds is 9. The second-order valence-electron chi connectivity index (χ2n) is 10.9. The summed E-state index contributed by atoms with van der Waals surface area (Å²) in [6, 6.07) is 4.28. The number of fused-ring (bicyclic) bond motifs is 2. The van der Waals surface area contributed by atoms with Crippen LogP contribution in [0.25, 0.3) is 0 Å². The first kappa shape index (κ1) is 31.6. The van der Waals surface area contributed by atoms with Gasteiger partial charge in [0.25, 0.3) is 0 Å². The molecule has 4 rings (SSSR count). The number of hydrogen-bond donors (Lipinski definition) is 0. The highest BCUT2D eigenvalue weighted by Crippen LogP contribution is 2.44. The minimum Gasteiger partial charge on any atom is -0.493 e. The summed E-state index contributed by atoms with van der Waals surface area (Å²) in [5.41, 5.74) is 2.05. The molecule has 0 amide bonds. The first-order chi connectivity index (χ1) is 20.1. The number of methoxy groups -OCH3 is 2. The van der Waals surface area contributed by atoms with Gasteiger partial charge in [-0.05, 0) is 62.7 Å². The van der Waals surface area contributed by atoms with Crippen molar-refractivity contribution in [2.45, 2.75) is 96.5 Å². The number of carbonyl (C=O) groups excluding carboxylic acids is 4. The second kappa shape index (κ2) is 13.7. The maximum Gasteiger partial charge on any atom is 0.339 e. The van der Waals surface area contributed by atoms with Crippen LogP contribution in [0, 0.1) is 5.92 Å². The highest BCUT2D eigenvalue weighted by atomic mass is 16.7. The van der Waals surface area contributed by atoms with Crippen LogP contribution < -0.4 is 9.47 Å². The third kappa shape index (κ3) is 6.81. The number of carbonyl (C=O) groups is 4. The van der Waals surface area contributed by atoms with E-state index in [1.165, 1.54) is 14.0 Å². The van der Waals surface area contributed by atoms with Gasteiger partial charge in [0.05, 0.1) is 14.2 Å². The molecule has 3 aliphatic rings. The van der Waals surface area contributed by atoms with Crippen LogP contribution in [0.3, 0.4) is 0 Å². The van der Waals surface area contributed by atoms with Crippen molar-refractivity contribution in [3.05, 3.63) is 23.3 Å². The van der Waals surface area contributed by atoms with Gasteiger partial charge in [0, 0.05) is 32.4 Å². The summed E-state index contributed by atoms with van der Waals surface area (Å²) in [6.07, 6.45) is -2.44. The molecule has 12 heteroatoms. The summed E-state index contributed by atoms with van der Waals surface area (Å²) in [6.45, 7) is 7.77. The Morgan fingerprint density at radius 2 is 1.60 bits per heavy atom. The first-order valence-corrected chi connectivity index (χ1v) is 14.4. The molecule has 1 aromatic rings. The number of benzene rings is 1. The summed E-state index contributed by atoms with van der Waals surface area (Å²) >= 11 is 0. The number of likely N-dealkylation sites (tertiary alicyclic amines) is 1. The predicted octanol–water partition coefficient (Wildman–Crippen LogP) is 2.36. The highest BCUT2D eigenvalue weighted by molar-refractivity contribution is 5.77. The third-order valence-corrected chi connectivity index (χ3v) is 8.05. The third-order valence-electron chi connectivity index (χ3n) is 8.05. The van der Waals surface area contributed by atoms with E-state index >= 15 is 0 Å². The molecule has 0 spiro atoms. The topological polar surface area (TPSA) is 136 Å². The number of piperidine rings is 1. The zero-order valence-electron chi connectivity index (χ0n) is 25.1. The van der Waals surface area contributed by atoms with E-state index in [0.29, 0.717) is 23.5 Å². The van der Waals surface area contributed by atoms with Crippen molar-refractivity contribution < 1.29 is 52.3 Å².